The van der Waals surface area contributed by atoms with E-state index >= 15 is 0 Å². The molecule has 1 fully saturated rings. The van der Waals surface area contributed by atoms with E-state index in [1.165, 1.54) is 12.1 Å². The summed E-state index contributed by atoms with van der Waals surface area (Å²) in [6, 6.07) is 27.6. The van der Waals surface area contributed by atoms with E-state index in [9.17, 15) is 22.7 Å². The molecule has 1 amide bonds. The van der Waals surface area contributed by atoms with Crippen molar-refractivity contribution in [2.24, 2.45) is 0 Å². The summed E-state index contributed by atoms with van der Waals surface area (Å²) in [5.41, 5.74) is 4.29. The molecule has 2 heterocycles. The lowest BCUT2D eigenvalue weighted by Gasteiger charge is -2.37. The molecule has 0 unspecified atom stereocenters. The van der Waals surface area contributed by atoms with E-state index in [0.717, 1.165) is 34.4 Å². The van der Waals surface area contributed by atoms with Crippen LogP contribution in [0.4, 0.5) is 10.1 Å². The third-order valence-electron chi connectivity index (χ3n) is 7.84. The van der Waals surface area contributed by atoms with E-state index < -0.39 is 34.2 Å². The highest BCUT2D eigenvalue weighted by Gasteiger charge is 2.46. The summed E-state index contributed by atoms with van der Waals surface area (Å²) in [5, 5.41) is 13.0. The molecule has 222 valence electrons. The van der Waals surface area contributed by atoms with Crippen molar-refractivity contribution < 1.29 is 32.2 Å². The Labute approximate surface area is 249 Å². The molecular weight excluding hydrogens is 571 g/mol. The molecule has 0 aliphatic carbocycles. The molecule has 2 aliphatic rings. The Morgan fingerprint density at radius 3 is 2.37 bits per heavy atom. The van der Waals surface area contributed by atoms with Gasteiger partial charge in [0.25, 0.3) is 10.0 Å². The van der Waals surface area contributed by atoms with Gasteiger partial charge in [-0.1, -0.05) is 54.6 Å². The Balaban J connectivity index is 1.10. The van der Waals surface area contributed by atoms with Crippen LogP contribution in [-0.2, 0) is 26.1 Å². The van der Waals surface area contributed by atoms with Crippen molar-refractivity contribution in [3.63, 3.8) is 0 Å². The van der Waals surface area contributed by atoms with Crippen LogP contribution in [-0.4, -0.2) is 44.4 Å². The molecule has 0 bridgehead atoms. The van der Waals surface area contributed by atoms with Crippen LogP contribution in [0, 0.1) is 5.82 Å². The fourth-order valence-corrected chi connectivity index (χ4v) is 6.76. The van der Waals surface area contributed by atoms with E-state index in [1.54, 1.807) is 18.2 Å². The maximum Gasteiger partial charge on any atom is 0.261 e. The van der Waals surface area contributed by atoms with E-state index in [1.807, 2.05) is 54.6 Å². The molecule has 10 heteroatoms. The lowest BCUT2D eigenvalue weighted by Crippen LogP contribution is -2.47. The number of ether oxygens (including phenoxy) is 2. The number of anilines is 1. The second-order valence-electron chi connectivity index (χ2n) is 10.8. The number of aliphatic hydroxyl groups excluding tert-OH is 1. The minimum absolute atomic E-state index is 0.0619. The number of hydrogen-bond acceptors (Lipinski definition) is 6. The van der Waals surface area contributed by atoms with Crippen LogP contribution < -0.4 is 14.8 Å². The lowest BCUT2D eigenvalue weighted by molar-refractivity contribution is -0.142. The van der Waals surface area contributed by atoms with Gasteiger partial charge >= 0.3 is 0 Å². The van der Waals surface area contributed by atoms with Gasteiger partial charge in [-0.05, 0) is 65.6 Å². The SMILES string of the molecule is O=C(C[C@H]1C[C@H]2c3cc(NS(=O)(=O)c4ccc(F)cc4)ccc3O[C@H]2[C@H](CO)O1)NCc1ccc(-c2ccccc2)cc1. The van der Waals surface area contributed by atoms with Gasteiger partial charge in [-0.2, -0.15) is 0 Å². The Kier molecular flexibility index (Phi) is 8.16. The summed E-state index contributed by atoms with van der Waals surface area (Å²) in [7, 11) is -3.94. The first kappa shape index (κ1) is 28.9. The summed E-state index contributed by atoms with van der Waals surface area (Å²) in [6.45, 7) is 0.0880. The van der Waals surface area contributed by atoms with Crippen LogP contribution in [0.2, 0.25) is 0 Å². The van der Waals surface area contributed by atoms with E-state index in [4.69, 9.17) is 9.47 Å². The number of carbonyl (C=O) groups is 1. The molecule has 0 spiro atoms. The molecule has 8 nitrogen and oxygen atoms in total. The number of fused-ring (bicyclic) bond motifs is 3. The van der Waals surface area contributed by atoms with Gasteiger partial charge in [-0.15, -0.1) is 0 Å². The van der Waals surface area contributed by atoms with Crippen molar-refractivity contribution in [2.75, 3.05) is 11.3 Å². The molecule has 4 aromatic carbocycles. The number of carbonyl (C=O) groups excluding carboxylic acids is 1. The number of halogens is 1. The molecule has 3 N–H and O–H groups in total. The van der Waals surface area contributed by atoms with Crippen LogP contribution in [0.3, 0.4) is 0 Å². The highest BCUT2D eigenvalue weighted by Crippen LogP contribution is 2.47. The first-order chi connectivity index (χ1) is 20.8. The summed E-state index contributed by atoms with van der Waals surface area (Å²) >= 11 is 0. The first-order valence-electron chi connectivity index (χ1n) is 14.1. The molecule has 4 aromatic rings. The predicted octanol–water partition coefficient (Wildman–Crippen LogP) is 4.99. The predicted molar refractivity (Wildman–Crippen MR) is 160 cm³/mol. The number of aliphatic hydroxyl groups is 1. The maximum atomic E-state index is 13.3. The van der Waals surface area contributed by atoms with E-state index in [0.29, 0.717) is 24.4 Å². The molecule has 43 heavy (non-hydrogen) atoms. The average Bonchev–Trinajstić information content (AvgIpc) is 3.38. The van der Waals surface area contributed by atoms with Crippen molar-refractivity contribution in [1.29, 1.82) is 0 Å². The highest BCUT2D eigenvalue weighted by molar-refractivity contribution is 7.92. The summed E-state index contributed by atoms with van der Waals surface area (Å²) in [5.74, 6) is -0.337. The molecule has 2 aliphatic heterocycles. The zero-order valence-corrected chi connectivity index (χ0v) is 24.0. The fraction of sp³-hybridized carbons (Fsp3) is 0.242. The Morgan fingerprint density at radius 1 is 0.930 bits per heavy atom. The number of rotatable bonds is 9. The van der Waals surface area contributed by atoms with Gasteiger partial charge < -0.3 is 19.9 Å². The monoisotopic (exact) mass is 602 g/mol. The highest BCUT2D eigenvalue weighted by atomic mass is 32.2. The van der Waals surface area contributed by atoms with Gasteiger partial charge in [0.05, 0.1) is 24.0 Å². The normalized spacial score (nSPS) is 20.9. The van der Waals surface area contributed by atoms with Crippen LogP contribution in [0.25, 0.3) is 11.1 Å². The molecule has 1 saturated heterocycles. The molecule has 6 rings (SSSR count). The molecule has 0 saturated carbocycles. The van der Waals surface area contributed by atoms with E-state index in [-0.39, 0.29) is 29.7 Å². The third-order valence-corrected chi connectivity index (χ3v) is 9.24. The van der Waals surface area contributed by atoms with Crippen molar-refractivity contribution in [2.45, 2.75) is 48.5 Å². The fourth-order valence-electron chi connectivity index (χ4n) is 5.71. The van der Waals surface area contributed by atoms with Gasteiger partial charge in [0.2, 0.25) is 5.91 Å². The van der Waals surface area contributed by atoms with Crippen molar-refractivity contribution in [3.8, 4) is 16.9 Å². The number of benzene rings is 4. The van der Waals surface area contributed by atoms with Crippen LogP contribution in [0.1, 0.15) is 29.9 Å². The van der Waals surface area contributed by atoms with Crippen molar-refractivity contribution in [3.05, 3.63) is 114 Å². The quantitative estimate of drug-likeness (QED) is 0.249. The number of sulfonamides is 1. The third kappa shape index (κ3) is 6.41. The Bertz CT molecular complexity index is 1700. The van der Waals surface area contributed by atoms with Crippen LogP contribution in [0.5, 0.6) is 5.75 Å². The zero-order valence-electron chi connectivity index (χ0n) is 23.2. The second kappa shape index (κ2) is 12.2. The minimum atomic E-state index is -3.94. The second-order valence-corrected chi connectivity index (χ2v) is 12.4. The van der Waals surface area contributed by atoms with Crippen molar-refractivity contribution >= 4 is 21.6 Å². The Morgan fingerprint density at radius 2 is 1.65 bits per heavy atom. The van der Waals surface area contributed by atoms with Gasteiger partial charge in [-0.25, -0.2) is 12.8 Å². The van der Waals surface area contributed by atoms with Gasteiger partial charge in [-0.3, -0.25) is 9.52 Å². The van der Waals surface area contributed by atoms with Crippen LogP contribution >= 0.6 is 0 Å². The maximum absolute atomic E-state index is 13.3. The van der Waals surface area contributed by atoms with Gasteiger partial charge in [0.1, 0.15) is 23.8 Å². The summed E-state index contributed by atoms with van der Waals surface area (Å²) < 4.78 is 53.7. The molecule has 0 radical (unpaired) electrons. The smallest absolute Gasteiger partial charge is 0.261 e. The number of nitrogens with one attached hydrogen (secondary N) is 2. The van der Waals surface area contributed by atoms with Gasteiger partial charge in [0.15, 0.2) is 0 Å². The number of hydrogen-bond donors (Lipinski definition) is 3. The molecular formula is C33H31FN2O6S. The largest absolute Gasteiger partial charge is 0.487 e. The molecule has 0 aromatic heterocycles. The lowest BCUT2D eigenvalue weighted by atomic mass is 9.84. The number of amides is 1. The van der Waals surface area contributed by atoms with E-state index in [2.05, 4.69) is 10.0 Å². The zero-order chi connectivity index (χ0) is 30.0. The Hall–Kier alpha value is -4.25. The molecule has 4 atom stereocenters. The van der Waals surface area contributed by atoms with Gasteiger partial charge in [0, 0.05) is 23.7 Å². The van der Waals surface area contributed by atoms with Crippen molar-refractivity contribution in [1.82, 2.24) is 5.32 Å². The minimum Gasteiger partial charge on any atom is -0.487 e. The average molecular weight is 603 g/mol. The first-order valence-corrected chi connectivity index (χ1v) is 15.5. The standard InChI is InChI=1S/C33H31FN2O6S/c34-24-10-13-27(14-11-24)43(39,40)36-25-12-15-30-28(16-25)29-17-26(41-31(20-37)33(29)42-30)18-32(38)35-19-21-6-8-23(9-7-21)22-4-2-1-3-5-22/h1-16,26,29,31,33,36-37H,17-20H2,(H,35,38)/t26-,29+,31+,33-/m1/s1. The summed E-state index contributed by atoms with van der Waals surface area (Å²) in [6.07, 6.45) is -1.01. The topological polar surface area (TPSA) is 114 Å². The van der Waals surface area contributed by atoms with Crippen LogP contribution in [0.15, 0.2) is 102 Å². The summed E-state index contributed by atoms with van der Waals surface area (Å²) in [4.78, 5) is 12.8.